The Morgan fingerprint density at radius 1 is 1.14 bits per heavy atom. The summed E-state index contributed by atoms with van der Waals surface area (Å²) in [5, 5.41) is 3.20. The van der Waals surface area contributed by atoms with Gasteiger partial charge in [0.1, 0.15) is 5.82 Å². The minimum atomic E-state index is 0.664. The molecule has 1 N–H and O–H groups in total. The molecule has 2 heterocycles. The molecule has 0 atom stereocenters. The van der Waals surface area contributed by atoms with Crippen LogP contribution >= 0.6 is 0 Å². The topological polar surface area (TPSA) is 41.1 Å². The van der Waals surface area contributed by atoms with Crippen molar-refractivity contribution in [1.82, 2.24) is 9.97 Å². The van der Waals surface area contributed by atoms with E-state index < -0.39 is 0 Å². The minimum Gasteiger partial charge on any atom is -0.356 e. The molecule has 1 fully saturated rings. The second-order valence-corrected chi connectivity index (χ2v) is 5.16. The third-order valence-electron chi connectivity index (χ3n) is 3.62. The van der Waals surface area contributed by atoms with E-state index in [9.17, 15) is 0 Å². The number of rotatable bonds is 5. The van der Waals surface area contributed by atoms with Gasteiger partial charge in [0.05, 0.1) is 5.69 Å². The van der Waals surface area contributed by atoms with E-state index in [1.807, 2.05) is 24.3 Å². The van der Waals surface area contributed by atoms with Crippen molar-refractivity contribution in [2.45, 2.75) is 12.8 Å². The van der Waals surface area contributed by atoms with E-state index in [1.165, 1.54) is 12.8 Å². The van der Waals surface area contributed by atoms with E-state index in [2.05, 4.69) is 45.0 Å². The Bertz CT molecular complexity index is 603. The van der Waals surface area contributed by atoms with Crippen LogP contribution in [-0.2, 0) is 0 Å². The summed E-state index contributed by atoms with van der Waals surface area (Å²) in [5.41, 5.74) is 2.07. The van der Waals surface area contributed by atoms with Crippen LogP contribution < -0.4 is 10.2 Å². The summed E-state index contributed by atoms with van der Waals surface area (Å²) in [4.78, 5) is 11.6. The molecule has 3 rings (SSSR count). The lowest BCUT2D eigenvalue weighted by Crippen LogP contribution is -2.20. The molecule has 2 aromatic rings. The smallest absolute Gasteiger partial charge is 0.225 e. The molecule has 0 saturated carbocycles. The van der Waals surface area contributed by atoms with Crippen LogP contribution in [0, 0.1) is 0 Å². The third kappa shape index (κ3) is 3.21. The summed E-state index contributed by atoms with van der Waals surface area (Å²) in [6.45, 7) is 6.54. The van der Waals surface area contributed by atoms with Gasteiger partial charge in [0.15, 0.2) is 0 Å². The van der Waals surface area contributed by atoms with Crippen molar-refractivity contribution in [3.05, 3.63) is 49.1 Å². The molecule has 1 aromatic carbocycles. The summed E-state index contributed by atoms with van der Waals surface area (Å²) in [5.74, 6) is 1.67. The van der Waals surface area contributed by atoms with Crippen LogP contribution in [0.2, 0.25) is 0 Å². The predicted octanol–water partition coefficient (Wildman–Crippen LogP) is 3.34. The Morgan fingerprint density at radius 2 is 1.90 bits per heavy atom. The molecule has 0 aliphatic carbocycles. The molecule has 0 bridgehead atoms. The van der Waals surface area contributed by atoms with Gasteiger partial charge in [-0.15, -0.1) is 6.58 Å². The largest absolute Gasteiger partial charge is 0.356 e. The van der Waals surface area contributed by atoms with Crippen molar-refractivity contribution < 1.29 is 0 Å². The van der Waals surface area contributed by atoms with Crippen molar-refractivity contribution in [1.29, 1.82) is 0 Å². The van der Waals surface area contributed by atoms with Gasteiger partial charge in [0.25, 0.3) is 0 Å². The first-order valence-electron chi connectivity index (χ1n) is 7.41. The highest BCUT2D eigenvalue weighted by molar-refractivity contribution is 5.65. The number of anilines is 2. The lowest BCUT2D eigenvalue weighted by molar-refractivity contribution is 0.928. The zero-order valence-electron chi connectivity index (χ0n) is 12.1. The van der Waals surface area contributed by atoms with Gasteiger partial charge in [0, 0.05) is 31.3 Å². The maximum atomic E-state index is 4.63. The van der Waals surface area contributed by atoms with Gasteiger partial charge in [-0.05, 0) is 12.8 Å². The van der Waals surface area contributed by atoms with Gasteiger partial charge < -0.3 is 10.2 Å². The Hall–Kier alpha value is -2.36. The van der Waals surface area contributed by atoms with Crippen molar-refractivity contribution >= 4 is 11.8 Å². The highest BCUT2D eigenvalue weighted by atomic mass is 15.2. The van der Waals surface area contributed by atoms with Crippen molar-refractivity contribution in [2.75, 3.05) is 29.9 Å². The molecular formula is C17H20N4. The third-order valence-corrected chi connectivity index (χ3v) is 3.62. The van der Waals surface area contributed by atoms with Crippen LogP contribution in [-0.4, -0.2) is 29.6 Å². The molecule has 1 saturated heterocycles. The molecule has 1 aromatic heterocycles. The van der Waals surface area contributed by atoms with Crippen molar-refractivity contribution in [2.24, 2.45) is 0 Å². The Kier molecular flexibility index (Phi) is 4.15. The van der Waals surface area contributed by atoms with Crippen molar-refractivity contribution in [3.8, 4) is 11.3 Å². The number of aromatic nitrogens is 2. The predicted molar refractivity (Wildman–Crippen MR) is 87.6 cm³/mol. The van der Waals surface area contributed by atoms with E-state index in [0.29, 0.717) is 12.5 Å². The number of nitrogens with zero attached hydrogens (tertiary/aromatic N) is 3. The summed E-state index contributed by atoms with van der Waals surface area (Å²) in [6.07, 6.45) is 4.29. The van der Waals surface area contributed by atoms with Gasteiger partial charge in [-0.25, -0.2) is 4.98 Å². The normalized spacial score (nSPS) is 14.2. The van der Waals surface area contributed by atoms with Crippen molar-refractivity contribution in [3.63, 3.8) is 0 Å². The van der Waals surface area contributed by atoms with Crippen LogP contribution in [0.5, 0.6) is 0 Å². The fourth-order valence-corrected chi connectivity index (χ4v) is 2.54. The quantitative estimate of drug-likeness (QED) is 0.853. The van der Waals surface area contributed by atoms with E-state index in [-0.39, 0.29) is 0 Å². The molecule has 0 radical (unpaired) electrons. The first-order valence-corrected chi connectivity index (χ1v) is 7.41. The summed E-state index contributed by atoms with van der Waals surface area (Å²) < 4.78 is 0. The maximum Gasteiger partial charge on any atom is 0.225 e. The average molecular weight is 280 g/mol. The molecule has 1 aliphatic rings. The lowest BCUT2D eigenvalue weighted by atomic mass is 10.1. The first kappa shape index (κ1) is 13.6. The zero-order valence-corrected chi connectivity index (χ0v) is 12.1. The van der Waals surface area contributed by atoms with E-state index in [4.69, 9.17) is 0 Å². The monoisotopic (exact) mass is 280 g/mol. The standard InChI is InChI=1S/C17H20N4/c1-2-10-18-17-19-15(14-8-4-3-5-9-14)13-16(20-17)21-11-6-7-12-21/h2-5,8-9,13H,1,6-7,10-12H2,(H,18,19,20). The van der Waals surface area contributed by atoms with Crippen LogP contribution in [0.25, 0.3) is 11.3 Å². The number of hydrogen-bond donors (Lipinski definition) is 1. The summed E-state index contributed by atoms with van der Waals surface area (Å²) in [7, 11) is 0. The SMILES string of the molecule is C=CCNc1nc(-c2ccccc2)cc(N2CCCC2)n1. The van der Waals surface area contributed by atoms with E-state index in [0.717, 1.165) is 30.2 Å². The molecule has 4 heteroatoms. The molecule has 108 valence electrons. The van der Waals surface area contributed by atoms with Gasteiger partial charge >= 0.3 is 0 Å². The Balaban J connectivity index is 1.97. The maximum absolute atomic E-state index is 4.63. The second-order valence-electron chi connectivity index (χ2n) is 5.16. The highest BCUT2D eigenvalue weighted by Crippen LogP contribution is 2.25. The zero-order chi connectivity index (χ0) is 14.5. The van der Waals surface area contributed by atoms with Crippen LogP contribution in [0.15, 0.2) is 49.1 Å². The van der Waals surface area contributed by atoms with Crippen LogP contribution in [0.4, 0.5) is 11.8 Å². The Labute approximate surface area is 125 Å². The molecule has 1 aliphatic heterocycles. The molecular weight excluding hydrogens is 260 g/mol. The van der Waals surface area contributed by atoms with E-state index >= 15 is 0 Å². The number of nitrogens with one attached hydrogen (secondary N) is 1. The molecule has 4 nitrogen and oxygen atoms in total. The summed E-state index contributed by atoms with van der Waals surface area (Å²) >= 11 is 0. The Morgan fingerprint density at radius 3 is 2.62 bits per heavy atom. The fourth-order valence-electron chi connectivity index (χ4n) is 2.54. The molecule has 0 amide bonds. The lowest BCUT2D eigenvalue weighted by Gasteiger charge is -2.18. The average Bonchev–Trinajstić information content (AvgIpc) is 3.08. The van der Waals surface area contributed by atoms with Gasteiger partial charge in [-0.1, -0.05) is 36.4 Å². The minimum absolute atomic E-state index is 0.664. The van der Waals surface area contributed by atoms with Crippen LogP contribution in [0.3, 0.4) is 0 Å². The molecule has 21 heavy (non-hydrogen) atoms. The van der Waals surface area contributed by atoms with Crippen LogP contribution in [0.1, 0.15) is 12.8 Å². The highest BCUT2D eigenvalue weighted by Gasteiger charge is 2.16. The number of hydrogen-bond acceptors (Lipinski definition) is 4. The molecule has 0 spiro atoms. The summed E-state index contributed by atoms with van der Waals surface area (Å²) in [6, 6.07) is 12.3. The van der Waals surface area contributed by atoms with Gasteiger partial charge in [0.2, 0.25) is 5.95 Å². The second kappa shape index (κ2) is 6.39. The van der Waals surface area contributed by atoms with Gasteiger partial charge in [-0.2, -0.15) is 4.98 Å². The number of benzene rings is 1. The van der Waals surface area contributed by atoms with Gasteiger partial charge in [-0.3, -0.25) is 0 Å². The molecule has 0 unspecified atom stereocenters. The first-order chi connectivity index (χ1) is 10.4. The fraction of sp³-hybridized carbons (Fsp3) is 0.294. The van der Waals surface area contributed by atoms with E-state index in [1.54, 1.807) is 0 Å².